The molecule has 0 saturated heterocycles. The number of carbonyl (C=O) groups is 2. The van der Waals surface area contributed by atoms with Gasteiger partial charge in [-0.2, -0.15) is 0 Å². The molecule has 19 heavy (non-hydrogen) atoms. The van der Waals surface area contributed by atoms with Crippen LogP contribution in [-0.2, 0) is 19.1 Å². The van der Waals surface area contributed by atoms with Gasteiger partial charge in [0.05, 0.1) is 14.2 Å². The number of fused-ring (bicyclic) bond motifs is 1. The fourth-order valence-electron chi connectivity index (χ4n) is 3.34. The number of hydrogen-bond donors (Lipinski definition) is 0. The quantitative estimate of drug-likeness (QED) is 0.445. The number of allylic oxidation sites excluding steroid dienone is 3. The first-order chi connectivity index (χ1) is 8.98. The van der Waals surface area contributed by atoms with Crippen LogP contribution in [0.25, 0.3) is 0 Å². The minimum Gasteiger partial charge on any atom is -0.468 e. The van der Waals surface area contributed by atoms with E-state index in [9.17, 15) is 9.59 Å². The molecule has 0 heterocycles. The van der Waals surface area contributed by atoms with Gasteiger partial charge in [0.15, 0.2) is 5.41 Å². The molecule has 0 radical (unpaired) electrons. The largest absolute Gasteiger partial charge is 0.468 e. The smallest absolute Gasteiger partial charge is 0.327 e. The van der Waals surface area contributed by atoms with Crippen molar-refractivity contribution in [3.05, 3.63) is 23.8 Å². The van der Waals surface area contributed by atoms with Crippen LogP contribution in [0.5, 0.6) is 0 Å². The summed E-state index contributed by atoms with van der Waals surface area (Å²) in [6.45, 7) is 4.15. The van der Waals surface area contributed by atoms with Crippen LogP contribution in [0.1, 0.15) is 20.3 Å². The summed E-state index contributed by atoms with van der Waals surface area (Å²) in [5.41, 5.74) is -0.161. The molecule has 0 N–H and O–H groups in total. The van der Waals surface area contributed by atoms with Gasteiger partial charge in [-0.05, 0) is 18.3 Å². The zero-order valence-electron chi connectivity index (χ0n) is 11.8. The van der Waals surface area contributed by atoms with Crippen LogP contribution < -0.4 is 0 Å². The predicted octanol–water partition coefficient (Wildman–Crippen LogP) is 2.11. The molecule has 2 aliphatic carbocycles. The maximum absolute atomic E-state index is 12.2. The molecule has 0 aromatic heterocycles. The van der Waals surface area contributed by atoms with Crippen molar-refractivity contribution in [3.8, 4) is 0 Å². The van der Waals surface area contributed by atoms with Gasteiger partial charge in [0.2, 0.25) is 0 Å². The van der Waals surface area contributed by atoms with Crippen LogP contribution in [0.4, 0.5) is 0 Å². The Bertz CT molecular complexity index is 443. The van der Waals surface area contributed by atoms with Crippen molar-refractivity contribution in [2.75, 3.05) is 14.2 Å². The molecule has 2 atom stereocenters. The summed E-state index contributed by atoms with van der Waals surface area (Å²) in [5, 5.41) is 0. The van der Waals surface area contributed by atoms with E-state index in [2.05, 4.69) is 13.8 Å². The molecule has 0 aromatic carbocycles. The second-order valence-corrected chi connectivity index (χ2v) is 5.45. The van der Waals surface area contributed by atoms with E-state index in [0.29, 0.717) is 5.92 Å². The first-order valence-electron chi connectivity index (χ1n) is 6.55. The van der Waals surface area contributed by atoms with E-state index < -0.39 is 17.4 Å². The predicted molar refractivity (Wildman–Crippen MR) is 70.1 cm³/mol. The number of methoxy groups -OCH3 is 2. The maximum Gasteiger partial charge on any atom is 0.327 e. The Morgan fingerprint density at radius 1 is 1.26 bits per heavy atom. The Kier molecular flexibility index (Phi) is 3.52. The Labute approximate surface area is 113 Å². The molecule has 4 nitrogen and oxygen atoms in total. The molecule has 0 spiro atoms. The minimum atomic E-state index is -1.30. The molecule has 4 heteroatoms. The summed E-state index contributed by atoms with van der Waals surface area (Å²) < 4.78 is 9.76. The van der Waals surface area contributed by atoms with Crippen molar-refractivity contribution < 1.29 is 19.1 Å². The molecule has 0 unspecified atom stereocenters. The van der Waals surface area contributed by atoms with Gasteiger partial charge in [0.25, 0.3) is 0 Å². The second-order valence-electron chi connectivity index (χ2n) is 5.45. The monoisotopic (exact) mass is 264 g/mol. The SMILES string of the molecule is COC(=O)C1(C(=O)OC)C=C(C(C)C)[C@H]2CC=C[C@H]21. The van der Waals surface area contributed by atoms with Gasteiger partial charge in [0, 0.05) is 5.92 Å². The Morgan fingerprint density at radius 2 is 1.84 bits per heavy atom. The molecule has 0 aromatic rings. The zero-order chi connectivity index (χ0) is 14.2. The van der Waals surface area contributed by atoms with Gasteiger partial charge < -0.3 is 9.47 Å². The minimum absolute atomic E-state index is 0.176. The van der Waals surface area contributed by atoms with Crippen molar-refractivity contribution >= 4 is 11.9 Å². The van der Waals surface area contributed by atoms with Crippen LogP contribution in [0.2, 0.25) is 0 Å². The van der Waals surface area contributed by atoms with E-state index in [1.54, 1.807) is 6.08 Å². The molecular weight excluding hydrogens is 244 g/mol. The first kappa shape index (κ1) is 13.8. The van der Waals surface area contributed by atoms with Crippen molar-refractivity contribution in [2.24, 2.45) is 23.2 Å². The van der Waals surface area contributed by atoms with Crippen molar-refractivity contribution in [2.45, 2.75) is 20.3 Å². The summed E-state index contributed by atoms with van der Waals surface area (Å²) >= 11 is 0. The van der Waals surface area contributed by atoms with Gasteiger partial charge in [-0.15, -0.1) is 0 Å². The van der Waals surface area contributed by atoms with E-state index in [1.807, 2.05) is 12.2 Å². The number of carbonyl (C=O) groups excluding carboxylic acids is 2. The third-order valence-electron chi connectivity index (χ3n) is 4.23. The van der Waals surface area contributed by atoms with Gasteiger partial charge in [-0.25, -0.2) is 0 Å². The lowest BCUT2D eigenvalue weighted by Gasteiger charge is -2.28. The number of esters is 2. The highest BCUT2D eigenvalue weighted by atomic mass is 16.5. The van der Waals surface area contributed by atoms with Gasteiger partial charge in [0.1, 0.15) is 0 Å². The maximum atomic E-state index is 12.2. The fraction of sp³-hybridized carbons (Fsp3) is 0.600. The normalized spacial score (nSPS) is 27.1. The van der Waals surface area contributed by atoms with Crippen molar-refractivity contribution in [1.82, 2.24) is 0 Å². The summed E-state index contributed by atoms with van der Waals surface area (Å²) in [5.74, 6) is -0.736. The van der Waals surface area contributed by atoms with E-state index in [1.165, 1.54) is 14.2 Å². The van der Waals surface area contributed by atoms with Crippen LogP contribution in [0.3, 0.4) is 0 Å². The Balaban J connectivity index is 2.55. The summed E-state index contributed by atoms with van der Waals surface area (Å²) in [6, 6.07) is 0. The lowest BCUT2D eigenvalue weighted by Crippen LogP contribution is -2.44. The Hall–Kier alpha value is -1.58. The van der Waals surface area contributed by atoms with Crippen LogP contribution in [0, 0.1) is 23.2 Å². The second kappa shape index (κ2) is 4.83. The molecule has 0 amide bonds. The highest BCUT2D eigenvalue weighted by molar-refractivity contribution is 6.04. The van der Waals surface area contributed by atoms with Gasteiger partial charge in [-0.3, -0.25) is 9.59 Å². The average molecular weight is 264 g/mol. The fourth-order valence-corrected chi connectivity index (χ4v) is 3.34. The van der Waals surface area contributed by atoms with Crippen molar-refractivity contribution in [1.29, 1.82) is 0 Å². The van der Waals surface area contributed by atoms with E-state index >= 15 is 0 Å². The first-order valence-corrected chi connectivity index (χ1v) is 6.55. The highest BCUT2D eigenvalue weighted by Crippen LogP contribution is 2.53. The number of ether oxygens (including phenoxy) is 2. The molecule has 0 fully saturated rings. The third kappa shape index (κ3) is 1.81. The van der Waals surface area contributed by atoms with Gasteiger partial charge in [-0.1, -0.05) is 37.6 Å². The van der Waals surface area contributed by atoms with Crippen LogP contribution >= 0.6 is 0 Å². The lowest BCUT2D eigenvalue weighted by molar-refractivity contribution is -0.167. The molecule has 0 aliphatic heterocycles. The van der Waals surface area contributed by atoms with Crippen molar-refractivity contribution in [3.63, 3.8) is 0 Å². The molecule has 0 saturated carbocycles. The third-order valence-corrected chi connectivity index (χ3v) is 4.23. The molecule has 0 bridgehead atoms. The zero-order valence-corrected chi connectivity index (χ0v) is 11.8. The molecule has 2 aliphatic rings. The van der Waals surface area contributed by atoms with Crippen LogP contribution in [0.15, 0.2) is 23.8 Å². The standard InChI is InChI=1S/C15H20O4/c1-9(2)11-8-15(13(16)18-3,14(17)19-4)12-7-5-6-10(11)12/h5,7-10,12H,6H2,1-4H3/t10-,12-/m1/s1. The van der Waals surface area contributed by atoms with E-state index in [-0.39, 0.29) is 11.8 Å². The summed E-state index contributed by atoms with van der Waals surface area (Å²) in [7, 11) is 2.61. The summed E-state index contributed by atoms with van der Waals surface area (Å²) in [6.07, 6.45) is 6.63. The average Bonchev–Trinajstić information content (AvgIpc) is 2.97. The molecule has 2 rings (SSSR count). The lowest BCUT2D eigenvalue weighted by atomic mass is 9.75. The summed E-state index contributed by atoms with van der Waals surface area (Å²) in [4.78, 5) is 24.5. The molecular formula is C15H20O4. The van der Waals surface area contributed by atoms with E-state index in [0.717, 1.165) is 12.0 Å². The Morgan fingerprint density at radius 3 is 2.32 bits per heavy atom. The molecule has 104 valence electrons. The number of hydrogen-bond acceptors (Lipinski definition) is 4. The van der Waals surface area contributed by atoms with E-state index in [4.69, 9.17) is 9.47 Å². The topological polar surface area (TPSA) is 52.6 Å². The van der Waals surface area contributed by atoms with Crippen LogP contribution in [-0.4, -0.2) is 26.2 Å². The number of rotatable bonds is 3. The highest BCUT2D eigenvalue weighted by Gasteiger charge is 2.60. The van der Waals surface area contributed by atoms with Gasteiger partial charge >= 0.3 is 11.9 Å².